The maximum Gasteiger partial charge on any atom is 0.0233 e. The molecule has 0 aliphatic carbocycles. The topological polar surface area (TPSA) is 6.48 Å². The predicted molar refractivity (Wildman–Crippen MR) is 82.8 cm³/mol. The van der Waals surface area contributed by atoms with Crippen LogP contribution in [0.1, 0.15) is 31.2 Å². The first-order valence-electron chi connectivity index (χ1n) is 7.42. The highest BCUT2D eigenvalue weighted by Gasteiger charge is 2.26. The smallest absolute Gasteiger partial charge is 0.0233 e. The Kier molecular flexibility index (Phi) is 5.68. The van der Waals surface area contributed by atoms with Gasteiger partial charge in [0, 0.05) is 12.6 Å². The zero-order valence-electron chi connectivity index (χ0n) is 11.6. The van der Waals surface area contributed by atoms with Crippen molar-refractivity contribution < 1.29 is 0 Å². The van der Waals surface area contributed by atoms with Crippen molar-refractivity contribution in [2.24, 2.45) is 0 Å². The maximum atomic E-state index is 2.72. The summed E-state index contributed by atoms with van der Waals surface area (Å²) in [7, 11) is 0. The molecular formula is C16H25ClN2. The Labute approximate surface area is 123 Å². The Balaban J connectivity index is 0.00000133. The number of rotatable bonds is 3. The summed E-state index contributed by atoms with van der Waals surface area (Å²) in [6, 6.07) is 11.8. The fourth-order valence-corrected chi connectivity index (χ4v) is 3.39. The second-order valence-electron chi connectivity index (χ2n) is 5.74. The van der Waals surface area contributed by atoms with Crippen LogP contribution in [0.2, 0.25) is 0 Å². The summed E-state index contributed by atoms with van der Waals surface area (Å²) in [5, 5.41) is 0. The number of hydrogen-bond acceptors (Lipinski definition) is 2. The molecule has 0 saturated carbocycles. The Bertz CT molecular complexity index is 354. The summed E-state index contributed by atoms with van der Waals surface area (Å²) in [6.45, 7) is 6.38. The summed E-state index contributed by atoms with van der Waals surface area (Å²) in [6.07, 6.45) is 5.58. The van der Waals surface area contributed by atoms with Crippen molar-refractivity contribution >= 4 is 12.4 Å². The van der Waals surface area contributed by atoms with E-state index < -0.39 is 0 Å². The zero-order valence-corrected chi connectivity index (χ0v) is 12.4. The van der Waals surface area contributed by atoms with Crippen LogP contribution in [-0.2, 0) is 6.54 Å². The van der Waals surface area contributed by atoms with Crippen LogP contribution in [0, 0.1) is 0 Å². The van der Waals surface area contributed by atoms with Gasteiger partial charge in [-0.25, -0.2) is 0 Å². The van der Waals surface area contributed by atoms with Gasteiger partial charge in [-0.3, -0.25) is 4.90 Å². The molecule has 106 valence electrons. The quantitative estimate of drug-likeness (QED) is 0.839. The van der Waals surface area contributed by atoms with Gasteiger partial charge in [-0.1, -0.05) is 30.3 Å². The van der Waals surface area contributed by atoms with Gasteiger partial charge in [-0.2, -0.15) is 0 Å². The lowest BCUT2D eigenvalue weighted by atomic mass is 10.0. The number of benzene rings is 1. The minimum atomic E-state index is 0. The standard InChI is InChI=1S/C16H24N2.ClH/c1-2-6-15(7-3-1)14-17-12-8-16(9-13-17)18-10-4-5-11-18;/h1-3,6-7,16H,4-5,8-14H2;1H. The third-order valence-corrected chi connectivity index (χ3v) is 4.46. The summed E-state index contributed by atoms with van der Waals surface area (Å²) in [5.41, 5.74) is 1.46. The molecular weight excluding hydrogens is 256 g/mol. The molecule has 19 heavy (non-hydrogen) atoms. The minimum Gasteiger partial charge on any atom is -0.300 e. The molecule has 0 unspecified atom stereocenters. The third-order valence-electron chi connectivity index (χ3n) is 4.46. The molecule has 2 heterocycles. The van der Waals surface area contributed by atoms with Gasteiger partial charge in [0.1, 0.15) is 0 Å². The Morgan fingerprint density at radius 2 is 1.53 bits per heavy atom. The van der Waals surface area contributed by atoms with Gasteiger partial charge in [0.05, 0.1) is 0 Å². The second kappa shape index (κ2) is 7.28. The first-order chi connectivity index (χ1) is 8.92. The fourth-order valence-electron chi connectivity index (χ4n) is 3.39. The van der Waals surface area contributed by atoms with Crippen LogP contribution in [0.25, 0.3) is 0 Å². The lowest BCUT2D eigenvalue weighted by molar-refractivity contribution is 0.122. The van der Waals surface area contributed by atoms with Gasteiger partial charge in [-0.15, -0.1) is 12.4 Å². The Morgan fingerprint density at radius 1 is 0.895 bits per heavy atom. The summed E-state index contributed by atoms with van der Waals surface area (Å²) in [4.78, 5) is 5.34. The van der Waals surface area contributed by atoms with Crippen LogP contribution >= 0.6 is 12.4 Å². The molecule has 3 rings (SSSR count). The molecule has 2 fully saturated rings. The van der Waals surface area contributed by atoms with Crippen LogP contribution in [0.15, 0.2) is 30.3 Å². The highest BCUT2D eigenvalue weighted by atomic mass is 35.5. The van der Waals surface area contributed by atoms with Gasteiger partial charge >= 0.3 is 0 Å². The second-order valence-corrected chi connectivity index (χ2v) is 5.74. The molecule has 0 bridgehead atoms. The van der Waals surface area contributed by atoms with E-state index in [0.29, 0.717) is 0 Å². The van der Waals surface area contributed by atoms with E-state index in [1.54, 1.807) is 0 Å². The third kappa shape index (κ3) is 3.95. The molecule has 1 aromatic carbocycles. The molecule has 0 radical (unpaired) electrons. The van der Waals surface area contributed by atoms with E-state index in [1.807, 2.05) is 0 Å². The van der Waals surface area contributed by atoms with Crippen molar-refractivity contribution in [3.8, 4) is 0 Å². The maximum absolute atomic E-state index is 2.72. The molecule has 0 amide bonds. The van der Waals surface area contributed by atoms with Gasteiger partial charge < -0.3 is 4.90 Å². The SMILES string of the molecule is Cl.c1ccc(CN2CCC(N3CCCC3)CC2)cc1. The Morgan fingerprint density at radius 3 is 2.16 bits per heavy atom. The van der Waals surface area contributed by atoms with Crippen molar-refractivity contribution in [1.82, 2.24) is 9.80 Å². The van der Waals surface area contributed by atoms with Crippen molar-refractivity contribution in [3.63, 3.8) is 0 Å². The van der Waals surface area contributed by atoms with Crippen LogP contribution in [0.5, 0.6) is 0 Å². The highest BCUT2D eigenvalue weighted by molar-refractivity contribution is 5.85. The number of piperidine rings is 1. The largest absolute Gasteiger partial charge is 0.300 e. The van der Waals surface area contributed by atoms with Crippen LogP contribution < -0.4 is 0 Å². The lowest BCUT2D eigenvalue weighted by Gasteiger charge is -2.36. The van der Waals surface area contributed by atoms with E-state index in [0.717, 1.165) is 12.6 Å². The number of likely N-dealkylation sites (tertiary alicyclic amines) is 2. The number of hydrogen-bond donors (Lipinski definition) is 0. The molecule has 0 atom stereocenters. The molecule has 2 aliphatic heterocycles. The van der Waals surface area contributed by atoms with E-state index in [9.17, 15) is 0 Å². The minimum absolute atomic E-state index is 0. The molecule has 0 spiro atoms. The molecule has 0 aromatic heterocycles. The van der Waals surface area contributed by atoms with E-state index in [-0.39, 0.29) is 12.4 Å². The van der Waals surface area contributed by atoms with Crippen molar-refractivity contribution in [1.29, 1.82) is 0 Å². The summed E-state index contributed by atoms with van der Waals surface area (Å²) in [5.74, 6) is 0. The molecule has 2 saturated heterocycles. The molecule has 3 heteroatoms. The number of halogens is 1. The van der Waals surface area contributed by atoms with Crippen molar-refractivity contribution in [2.75, 3.05) is 26.2 Å². The molecule has 2 aliphatic rings. The normalized spacial score (nSPS) is 22.3. The fraction of sp³-hybridized carbons (Fsp3) is 0.625. The van der Waals surface area contributed by atoms with Crippen molar-refractivity contribution in [2.45, 2.75) is 38.3 Å². The summed E-state index contributed by atoms with van der Waals surface area (Å²) < 4.78 is 0. The first kappa shape index (κ1) is 14.8. The first-order valence-corrected chi connectivity index (χ1v) is 7.42. The highest BCUT2D eigenvalue weighted by Crippen LogP contribution is 2.21. The molecule has 1 aromatic rings. The lowest BCUT2D eigenvalue weighted by Crippen LogP contribution is -2.43. The summed E-state index contributed by atoms with van der Waals surface area (Å²) >= 11 is 0. The van der Waals surface area contributed by atoms with E-state index >= 15 is 0 Å². The van der Waals surface area contributed by atoms with E-state index in [2.05, 4.69) is 40.1 Å². The van der Waals surface area contributed by atoms with E-state index in [4.69, 9.17) is 0 Å². The van der Waals surface area contributed by atoms with Gasteiger partial charge in [0.15, 0.2) is 0 Å². The average Bonchev–Trinajstić information content (AvgIpc) is 2.95. The van der Waals surface area contributed by atoms with Crippen molar-refractivity contribution in [3.05, 3.63) is 35.9 Å². The average molecular weight is 281 g/mol. The van der Waals surface area contributed by atoms with Gasteiger partial charge in [0.2, 0.25) is 0 Å². The molecule has 2 nitrogen and oxygen atoms in total. The van der Waals surface area contributed by atoms with E-state index in [1.165, 1.54) is 57.4 Å². The zero-order chi connectivity index (χ0) is 12.2. The van der Waals surface area contributed by atoms with Crippen LogP contribution in [0.3, 0.4) is 0 Å². The Hall–Kier alpha value is -0.570. The van der Waals surface area contributed by atoms with Gasteiger partial charge in [0.25, 0.3) is 0 Å². The van der Waals surface area contributed by atoms with Gasteiger partial charge in [-0.05, 0) is 57.4 Å². The number of nitrogens with zero attached hydrogens (tertiary/aromatic N) is 2. The van der Waals surface area contributed by atoms with Crippen LogP contribution in [-0.4, -0.2) is 42.0 Å². The predicted octanol–water partition coefficient (Wildman–Crippen LogP) is 3.17. The van der Waals surface area contributed by atoms with Crippen LogP contribution in [0.4, 0.5) is 0 Å². The molecule has 0 N–H and O–H groups in total. The monoisotopic (exact) mass is 280 g/mol.